The fourth-order valence-corrected chi connectivity index (χ4v) is 4.75. The number of nitrogens with zero attached hydrogens (tertiary/aromatic N) is 3. The van der Waals surface area contributed by atoms with Gasteiger partial charge in [0, 0.05) is 28.5 Å². The Bertz CT molecular complexity index is 1350. The first-order valence-electron chi connectivity index (χ1n) is 11.6. The second-order valence-electron chi connectivity index (χ2n) is 8.51. The Balaban J connectivity index is 1.31. The summed E-state index contributed by atoms with van der Waals surface area (Å²) < 4.78 is 13.2. The minimum Gasteiger partial charge on any atom is -0.497 e. The van der Waals surface area contributed by atoms with E-state index in [4.69, 9.17) is 21.1 Å². The highest BCUT2D eigenvalue weighted by atomic mass is 35.5. The molecule has 0 saturated carbocycles. The Kier molecular flexibility index (Phi) is 8.38. The Labute approximate surface area is 220 Å². The van der Waals surface area contributed by atoms with Gasteiger partial charge in [-0.2, -0.15) is 0 Å². The van der Waals surface area contributed by atoms with Crippen molar-refractivity contribution in [3.63, 3.8) is 0 Å². The Morgan fingerprint density at radius 3 is 2.56 bits per heavy atom. The fraction of sp³-hybridized carbons (Fsp3) is 0.296. The van der Waals surface area contributed by atoms with E-state index in [1.807, 2.05) is 51.1 Å². The molecule has 2 aromatic carbocycles. The number of carbonyl (C=O) groups is 1. The van der Waals surface area contributed by atoms with Gasteiger partial charge in [-0.3, -0.25) is 9.89 Å². The summed E-state index contributed by atoms with van der Waals surface area (Å²) in [6.45, 7) is 7.02. The first-order chi connectivity index (χ1) is 17.3. The second kappa shape index (κ2) is 11.7. The summed E-state index contributed by atoms with van der Waals surface area (Å²) in [6.07, 6.45) is 0.875. The first-order valence-corrected chi connectivity index (χ1v) is 13.0. The van der Waals surface area contributed by atoms with Gasteiger partial charge in [0.05, 0.1) is 12.9 Å². The number of Topliss-reactive ketones (excluding diaryl/α,β-unsaturated/α-hetero) is 1. The highest BCUT2D eigenvalue weighted by Gasteiger charge is 2.17. The normalized spacial score (nSPS) is 11.0. The Morgan fingerprint density at radius 2 is 1.83 bits per heavy atom. The molecule has 2 aromatic heterocycles. The van der Waals surface area contributed by atoms with E-state index in [-0.39, 0.29) is 18.1 Å². The molecule has 0 unspecified atom stereocenters. The van der Waals surface area contributed by atoms with Gasteiger partial charge in [0.2, 0.25) is 5.16 Å². The number of halogens is 1. The molecule has 0 atom stereocenters. The summed E-state index contributed by atoms with van der Waals surface area (Å²) in [5, 5.41) is 8.29. The van der Waals surface area contributed by atoms with E-state index in [2.05, 4.69) is 31.9 Å². The van der Waals surface area contributed by atoms with Gasteiger partial charge >= 0.3 is 0 Å². The third-order valence-electron chi connectivity index (χ3n) is 6.01. The number of aromatic amines is 1. The predicted molar refractivity (Wildman–Crippen MR) is 143 cm³/mol. The van der Waals surface area contributed by atoms with Crippen LogP contribution in [0, 0.1) is 20.8 Å². The van der Waals surface area contributed by atoms with Crippen LogP contribution in [-0.4, -0.2) is 38.4 Å². The van der Waals surface area contributed by atoms with Crippen molar-refractivity contribution in [2.45, 2.75) is 45.5 Å². The lowest BCUT2D eigenvalue weighted by Crippen LogP contribution is -2.08. The monoisotopic (exact) mass is 524 g/mol. The summed E-state index contributed by atoms with van der Waals surface area (Å²) in [5.41, 5.74) is 4.97. The minimum absolute atomic E-state index is 0.0584. The van der Waals surface area contributed by atoms with Gasteiger partial charge in [-0.1, -0.05) is 35.5 Å². The molecule has 9 heteroatoms. The van der Waals surface area contributed by atoms with Gasteiger partial charge in [0.15, 0.2) is 11.6 Å². The molecule has 1 N–H and O–H groups in total. The summed E-state index contributed by atoms with van der Waals surface area (Å²) >= 11 is 7.37. The molecule has 0 radical (unpaired) electrons. The zero-order valence-corrected chi connectivity index (χ0v) is 22.4. The molecule has 0 aliphatic rings. The van der Waals surface area contributed by atoms with E-state index in [1.165, 1.54) is 17.3 Å². The maximum absolute atomic E-state index is 13.0. The van der Waals surface area contributed by atoms with Crippen LogP contribution in [0.1, 0.15) is 38.7 Å². The molecule has 0 saturated heterocycles. The zero-order chi connectivity index (χ0) is 25.7. The third kappa shape index (κ3) is 6.30. The van der Waals surface area contributed by atoms with Crippen LogP contribution in [-0.2, 0) is 19.6 Å². The number of ether oxygens (including phenoxy) is 2. The fourth-order valence-electron chi connectivity index (χ4n) is 3.93. The van der Waals surface area contributed by atoms with Crippen LogP contribution >= 0.6 is 23.4 Å². The number of methoxy groups -OCH3 is 1. The quantitative estimate of drug-likeness (QED) is 0.192. The number of ketones is 1. The number of aryl methyl sites for hydroxylation is 3. The number of rotatable bonds is 11. The second-order valence-corrected chi connectivity index (χ2v) is 9.86. The predicted octanol–water partition coefficient (Wildman–Crippen LogP) is 5.99. The van der Waals surface area contributed by atoms with Crippen molar-refractivity contribution in [3.05, 3.63) is 87.5 Å². The van der Waals surface area contributed by atoms with E-state index in [1.54, 1.807) is 13.2 Å². The lowest BCUT2D eigenvalue weighted by molar-refractivity contribution is 0.102. The first kappa shape index (κ1) is 25.9. The molecule has 188 valence electrons. The van der Waals surface area contributed by atoms with Gasteiger partial charge in [0.1, 0.15) is 18.1 Å². The molecule has 4 aromatic rings. The van der Waals surface area contributed by atoms with E-state index >= 15 is 0 Å². The number of benzene rings is 2. The molecule has 4 rings (SSSR count). The SMILES string of the molecule is COc1ccc(CCn2c(C)cc(C(=O)CSc3n[nH]c(COc4ccc(Cl)c(C)c4)n3)c2C)cc1. The van der Waals surface area contributed by atoms with Crippen LogP contribution in [0.15, 0.2) is 53.7 Å². The van der Waals surface area contributed by atoms with Crippen LogP contribution < -0.4 is 9.47 Å². The molecule has 0 spiro atoms. The number of nitrogens with one attached hydrogen (secondary N) is 1. The molecule has 0 bridgehead atoms. The molecular weight excluding hydrogens is 496 g/mol. The van der Waals surface area contributed by atoms with E-state index < -0.39 is 0 Å². The van der Waals surface area contributed by atoms with Crippen molar-refractivity contribution in [2.24, 2.45) is 0 Å². The van der Waals surface area contributed by atoms with Crippen molar-refractivity contribution < 1.29 is 14.3 Å². The maximum Gasteiger partial charge on any atom is 0.208 e. The third-order valence-corrected chi connectivity index (χ3v) is 7.28. The maximum atomic E-state index is 13.0. The molecule has 0 aliphatic heterocycles. The molecule has 0 amide bonds. The van der Waals surface area contributed by atoms with Crippen molar-refractivity contribution in [1.29, 1.82) is 0 Å². The Morgan fingerprint density at radius 1 is 1.08 bits per heavy atom. The summed E-state index contributed by atoms with van der Waals surface area (Å²) in [7, 11) is 1.66. The average Bonchev–Trinajstić information content (AvgIpc) is 3.45. The van der Waals surface area contributed by atoms with Crippen LogP contribution in [0.25, 0.3) is 0 Å². The van der Waals surface area contributed by atoms with Crippen LogP contribution in [0.5, 0.6) is 11.5 Å². The molecule has 0 fully saturated rings. The topological polar surface area (TPSA) is 82.0 Å². The van der Waals surface area contributed by atoms with E-state index in [0.29, 0.717) is 21.8 Å². The molecular formula is C27H29ClN4O3S. The van der Waals surface area contributed by atoms with E-state index in [0.717, 1.165) is 41.2 Å². The number of thioether (sulfide) groups is 1. The summed E-state index contributed by atoms with van der Waals surface area (Å²) in [4.78, 5) is 17.4. The molecule has 2 heterocycles. The molecule has 7 nitrogen and oxygen atoms in total. The number of hydrogen-bond acceptors (Lipinski definition) is 6. The average molecular weight is 525 g/mol. The van der Waals surface area contributed by atoms with Crippen molar-refractivity contribution >= 4 is 29.1 Å². The largest absolute Gasteiger partial charge is 0.497 e. The van der Waals surface area contributed by atoms with Crippen LogP contribution in [0.3, 0.4) is 0 Å². The Hall–Kier alpha value is -3.23. The highest BCUT2D eigenvalue weighted by molar-refractivity contribution is 7.99. The summed E-state index contributed by atoms with van der Waals surface area (Å²) in [5.74, 6) is 2.47. The lowest BCUT2D eigenvalue weighted by Gasteiger charge is -2.10. The number of carbonyl (C=O) groups excluding carboxylic acids is 1. The molecule has 0 aliphatic carbocycles. The van der Waals surface area contributed by atoms with Gasteiger partial charge in [-0.15, -0.1) is 5.10 Å². The van der Waals surface area contributed by atoms with Gasteiger partial charge in [-0.25, -0.2) is 4.98 Å². The van der Waals surface area contributed by atoms with Gasteiger partial charge in [-0.05, 0) is 74.7 Å². The zero-order valence-electron chi connectivity index (χ0n) is 20.8. The number of H-pyrrole nitrogens is 1. The molecule has 36 heavy (non-hydrogen) atoms. The number of aromatic nitrogens is 4. The van der Waals surface area contributed by atoms with Crippen LogP contribution in [0.4, 0.5) is 0 Å². The van der Waals surface area contributed by atoms with Gasteiger partial charge in [0.25, 0.3) is 0 Å². The smallest absolute Gasteiger partial charge is 0.208 e. The highest BCUT2D eigenvalue weighted by Crippen LogP contribution is 2.23. The standard InChI is InChI=1S/C27H29ClN4O3S/c1-17-13-22(9-10-24(17)28)35-15-26-29-27(31-30-26)36-16-25(33)23-14-18(2)32(19(23)3)12-11-20-5-7-21(34-4)8-6-20/h5-10,13-14H,11-12,15-16H2,1-4H3,(H,29,30,31). The minimum atomic E-state index is 0.0584. The van der Waals surface area contributed by atoms with E-state index in [9.17, 15) is 4.79 Å². The van der Waals surface area contributed by atoms with Crippen LogP contribution in [0.2, 0.25) is 5.02 Å². The van der Waals surface area contributed by atoms with Crippen molar-refractivity contribution in [3.8, 4) is 11.5 Å². The van der Waals surface area contributed by atoms with Crippen molar-refractivity contribution in [2.75, 3.05) is 12.9 Å². The van der Waals surface area contributed by atoms with Gasteiger partial charge < -0.3 is 14.0 Å². The summed E-state index contributed by atoms with van der Waals surface area (Å²) in [6, 6.07) is 15.5. The lowest BCUT2D eigenvalue weighted by atomic mass is 10.1. The van der Waals surface area contributed by atoms with Crippen molar-refractivity contribution in [1.82, 2.24) is 19.7 Å². The number of hydrogen-bond donors (Lipinski definition) is 1.